The topological polar surface area (TPSA) is 93.5 Å². The van der Waals surface area contributed by atoms with E-state index in [2.05, 4.69) is 10.3 Å². The number of para-hydroxylation sites is 1. The number of anilines is 1. The second-order valence-corrected chi connectivity index (χ2v) is 8.62. The van der Waals surface area contributed by atoms with Gasteiger partial charge in [-0.1, -0.05) is 18.2 Å². The molecule has 0 bridgehead atoms. The van der Waals surface area contributed by atoms with E-state index >= 15 is 0 Å². The fourth-order valence-electron chi connectivity index (χ4n) is 3.01. The SMILES string of the molecule is CCOc1ccc(S(=O)(=O)N(CC(=O)NCCCn2ccnc2)c2ccccc2)cc1. The molecule has 1 aromatic heterocycles. The first-order chi connectivity index (χ1) is 15.0. The minimum absolute atomic E-state index is 0.0905. The van der Waals surface area contributed by atoms with Crippen LogP contribution in [0.4, 0.5) is 5.69 Å². The Morgan fingerprint density at radius 1 is 1.13 bits per heavy atom. The molecule has 1 amide bonds. The van der Waals surface area contributed by atoms with Crippen LogP contribution in [-0.2, 0) is 21.4 Å². The maximum atomic E-state index is 13.3. The number of imidazole rings is 1. The molecular weight excluding hydrogens is 416 g/mol. The van der Waals surface area contributed by atoms with Crippen molar-refractivity contribution in [3.05, 3.63) is 73.3 Å². The minimum atomic E-state index is -3.94. The molecule has 1 N–H and O–H groups in total. The molecule has 0 saturated carbocycles. The first-order valence-electron chi connectivity index (χ1n) is 10.0. The first kappa shape index (κ1) is 22.4. The zero-order valence-corrected chi connectivity index (χ0v) is 18.2. The molecule has 0 unspecified atom stereocenters. The fraction of sp³-hybridized carbons (Fsp3) is 0.273. The largest absolute Gasteiger partial charge is 0.494 e. The molecule has 0 fully saturated rings. The lowest BCUT2D eigenvalue weighted by Gasteiger charge is -2.24. The van der Waals surface area contributed by atoms with E-state index in [-0.39, 0.29) is 17.3 Å². The number of ether oxygens (including phenoxy) is 1. The van der Waals surface area contributed by atoms with Crippen molar-refractivity contribution >= 4 is 21.6 Å². The van der Waals surface area contributed by atoms with E-state index in [4.69, 9.17) is 4.74 Å². The van der Waals surface area contributed by atoms with Gasteiger partial charge in [-0.2, -0.15) is 0 Å². The predicted octanol–water partition coefficient (Wildman–Crippen LogP) is 2.68. The molecule has 0 radical (unpaired) electrons. The number of rotatable bonds is 11. The Balaban J connectivity index is 1.71. The number of sulfonamides is 1. The summed E-state index contributed by atoms with van der Waals surface area (Å²) in [5.41, 5.74) is 0.421. The average molecular weight is 443 g/mol. The lowest BCUT2D eigenvalue weighted by molar-refractivity contribution is -0.119. The van der Waals surface area contributed by atoms with Gasteiger partial charge in [0.05, 0.1) is 23.5 Å². The monoisotopic (exact) mass is 442 g/mol. The molecule has 2 aromatic carbocycles. The number of nitrogens with zero attached hydrogens (tertiary/aromatic N) is 3. The van der Waals surface area contributed by atoms with Crippen LogP contribution in [0.1, 0.15) is 13.3 Å². The Kier molecular flexibility index (Phi) is 7.66. The van der Waals surface area contributed by atoms with Gasteiger partial charge in [-0.15, -0.1) is 0 Å². The number of hydrogen-bond acceptors (Lipinski definition) is 5. The number of carbonyl (C=O) groups is 1. The quantitative estimate of drug-likeness (QED) is 0.461. The molecule has 8 nitrogen and oxygen atoms in total. The maximum absolute atomic E-state index is 13.3. The van der Waals surface area contributed by atoms with E-state index in [0.29, 0.717) is 37.6 Å². The van der Waals surface area contributed by atoms with Gasteiger partial charge in [-0.3, -0.25) is 9.10 Å². The van der Waals surface area contributed by atoms with Gasteiger partial charge in [0.2, 0.25) is 5.91 Å². The number of aromatic nitrogens is 2. The van der Waals surface area contributed by atoms with Crippen LogP contribution < -0.4 is 14.4 Å². The van der Waals surface area contributed by atoms with Gasteiger partial charge < -0.3 is 14.6 Å². The highest BCUT2D eigenvalue weighted by atomic mass is 32.2. The van der Waals surface area contributed by atoms with Gasteiger partial charge in [-0.25, -0.2) is 13.4 Å². The van der Waals surface area contributed by atoms with E-state index in [0.717, 1.165) is 4.31 Å². The number of benzene rings is 2. The van der Waals surface area contributed by atoms with Crippen LogP contribution in [0.2, 0.25) is 0 Å². The number of carbonyl (C=O) groups excluding carboxylic acids is 1. The van der Waals surface area contributed by atoms with Gasteiger partial charge in [0, 0.05) is 25.5 Å². The number of aryl methyl sites for hydroxylation is 1. The molecule has 9 heteroatoms. The first-order valence-corrected chi connectivity index (χ1v) is 11.5. The summed E-state index contributed by atoms with van der Waals surface area (Å²) in [5, 5.41) is 2.80. The van der Waals surface area contributed by atoms with E-state index in [9.17, 15) is 13.2 Å². The Bertz CT molecular complexity index is 1050. The molecule has 0 saturated heterocycles. The smallest absolute Gasteiger partial charge is 0.264 e. The summed E-state index contributed by atoms with van der Waals surface area (Å²) in [7, 11) is -3.94. The van der Waals surface area contributed by atoms with E-state index in [1.807, 2.05) is 17.7 Å². The zero-order valence-electron chi connectivity index (χ0n) is 17.3. The molecule has 0 spiro atoms. The van der Waals surface area contributed by atoms with Crippen LogP contribution >= 0.6 is 0 Å². The molecule has 164 valence electrons. The summed E-state index contributed by atoms with van der Waals surface area (Å²) in [5.74, 6) is 0.215. The van der Waals surface area contributed by atoms with Crippen LogP contribution in [-0.4, -0.2) is 43.6 Å². The van der Waals surface area contributed by atoms with Crippen molar-refractivity contribution in [3.8, 4) is 5.75 Å². The Morgan fingerprint density at radius 2 is 1.87 bits per heavy atom. The van der Waals surface area contributed by atoms with Gasteiger partial charge in [0.15, 0.2) is 0 Å². The Labute approximate surface area is 182 Å². The predicted molar refractivity (Wildman–Crippen MR) is 118 cm³/mol. The second kappa shape index (κ2) is 10.6. The Morgan fingerprint density at radius 3 is 2.52 bits per heavy atom. The molecule has 0 aliphatic carbocycles. The Hall–Kier alpha value is -3.33. The van der Waals surface area contributed by atoms with Crippen LogP contribution in [0.5, 0.6) is 5.75 Å². The van der Waals surface area contributed by atoms with Crippen molar-refractivity contribution in [1.29, 1.82) is 0 Å². The lowest BCUT2D eigenvalue weighted by Crippen LogP contribution is -2.41. The van der Waals surface area contributed by atoms with Crippen molar-refractivity contribution in [2.24, 2.45) is 0 Å². The van der Waals surface area contributed by atoms with Crippen LogP contribution in [0.15, 0.2) is 78.2 Å². The maximum Gasteiger partial charge on any atom is 0.264 e. The zero-order chi connectivity index (χ0) is 22.1. The van der Waals surface area contributed by atoms with Crippen molar-refractivity contribution in [2.75, 3.05) is 24.0 Å². The van der Waals surface area contributed by atoms with Gasteiger partial charge in [0.1, 0.15) is 12.3 Å². The fourth-order valence-corrected chi connectivity index (χ4v) is 4.43. The van der Waals surface area contributed by atoms with Gasteiger partial charge in [0.25, 0.3) is 10.0 Å². The summed E-state index contributed by atoms with van der Waals surface area (Å²) >= 11 is 0. The summed E-state index contributed by atoms with van der Waals surface area (Å²) in [6.45, 7) is 3.18. The van der Waals surface area contributed by atoms with Gasteiger partial charge >= 0.3 is 0 Å². The third-order valence-corrected chi connectivity index (χ3v) is 6.32. The number of hydrogen-bond donors (Lipinski definition) is 1. The van der Waals surface area contributed by atoms with E-state index < -0.39 is 10.0 Å². The lowest BCUT2D eigenvalue weighted by atomic mass is 10.3. The number of amides is 1. The molecule has 0 aliphatic rings. The standard InChI is InChI=1S/C22H26N4O4S/c1-2-30-20-9-11-21(12-10-20)31(28,29)26(19-7-4-3-5-8-19)17-22(27)24-13-6-15-25-16-14-23-18-25/h3-5,7-12,14,16,18H,2,6,13,15,17H2,1H3,(H,24,27). The van der Waals surface area contributed by atoms with Crippen molar-refractivity contribution in [1.82, 2.24) is 14.9 Å². The number of nitrogens with one attached hydrogen (secondary N) is 1. The van der Waals surface area contributed by atoms with Crippen LogP contribution in [0.25, 0.3) is 0 Å². The molecule has 3 aromatic rings. The second-order valence-electron chi connectivity index (χ2n) is 6.76. The van der Waals surface area contributed by atoms with E-state index in [1.54, 1.807) is 55.0 Å². The molecular formula is C22H26N4O4S. The summed E-state index contributed by atoms with van der Waals surface area (Å²) in [4.78, 5) is 16.6. The molecule has 1 heterocycles. The summed E-state index contributed by atoms with van der Waals surface area (Å²) in [6.07, 6.45) is 5.96. The molecule has 0 aliphatic heterocycles. The third kappa shape index (κ3) is 6.08. The van der Waals surface area contributed by atoms with Crippen LogP contribution in [0.3, 0.4) is 0 Å². The van der Waals surface area contributed by atoms with Crippen molar-refractivity contribution in [3.63, 3.8) is 0 Å². The van der Waals surface area contributed by atoms with Gasteiger partial charge in [-0.05, 0) is 49.7 Å². The average Bonchev–Trinajstić information content (AvgIpc) is 3.30. The molecule has 0 atom stereocenters. The summed E-state index contributed by atoms with van der Waals surface area (Å²) < 4.78 is 35.1. The highest BCUT2D eigenvalue weighted by molar-refractivity contribution is 7.92. The minimum Gasteiger partial charge on any atom is -0.494 e. The van der Waals surface area contributed by atoms with Crippen LogP contribution in [0, 0.1) is 0 Å². The third-order valence-electron chi connectivity index (χ3n) is 4.53. The normalized spacial score (nSPS) is 11.1. The highest BCUT2D eigenvalue weighted by Gasteiger charge is 2.27. The van der Waals surface area contributed by atoms with E-state index in [1.165, 1.54) is 12.1 Å². The summed E-state index contributed by atoms with van der Waals surface area (Å²) in [6, 6.07) is 14.8. The van der Waals surface area contributed by atoms with Crippen molar-refractivity contribution < 1.29 is 17.9 Å². The molecule has 3 rings (SSSR count). The van der Waals surface area contributed by atoms with Crippen molar-refractivity contribution in [2.45, 2.75) is 24.8 Å². The molecule has 31 heavy (non-hydrogen) atoms. The highest BCUT2D eigenvalue weighted by Crippen LogP contribution is 2.24.